The van der Waals surface area contributed by atoms with Crippen LogP contribution in [0.25, 0.3) is 5.76 Å². The van der Waals surface area contributed by atoms with E-state index in [0.29, 0.717) is 67.9 Å². The number of benzene rings is 2. The Kier molecular flexibility index (Phi) is 6.61. The van der Waals surface area contributed by atoms with E-state index in [4.69, 9.17) is 18.9 Å². The molecule has 2 fully saturated rings. The number of aliphatic hydroxyl groups is 1. The van der Waals surface area contributed by atoms with Gasteiger partial charge in [-0.2, -0.15) is 0 Å². The van der Waals surface area contributed by atoms with E-state index in [1.54, 1.807) is 31.4 Å². The third kappa shape index (κ3) is 4.44. The zero-order valence-corrected chi connectivity index (χ0v) is 19.6. The number of methoxy groups -OCH3 is 1. The Bertz CT molecular complexity index is 1160. The van der Waals surface area contributed by atoms with Gasteiger partial charge >= 0.3 is 0 Å². The Morgan fingerprint density at radius 1 is 1.00 bits per heavy atom. The zero-order chi connectivity index (χ0) is 24.4. The second-order valence-electron chi connectivity index (χ2n) is 8.55. The highest BCUT2D eigenvalue weighted by molar-refractivity contribution is 6.46. The maximum absolute atomic E-state index is 13.3. The molecular formula is C26H28N2O7. The summed E-state index contributed by atoms with van der Waals surface area (Å²) in [6, 6.07) is 11.4. The van der Waals surface area contributed by atoms with Crippen LogP contribution in [0, 0.1) is 0 Å². The molecule has 1 N–H and O–H groups in total. The van der Waals surface area contributed by atoms with Crippen molar-refractivity contribution in [1.82, 2.24) is 9.80 Å². The van der Waals surface area contributed by atoms with Gasteiger partial charge in [-0.3, -0.25) is 14.5 Å². The first-order valence-electron chi connectivity index (χ1n) is 11.7. The van der Waals surface area contributed by atoms with Crippen LogP contribution in [0.1, 0.15) is 17.2 Å². The molecule has 0 bridgehead atoms. The number of ether oxygens (including phenoxy) is 4. The molecule has 9 heteroatoms. The molecule has 2 aromatic rings. The van der Waals surface area contributed by atoms with E-state index >= 15 is 0 Å². The Balaban J connectivity index is 1.56. The van der Waals surface area contributed by atoms with Crippen molar-refractivity contribution < 1.29 is 33.6 Å². The van der Waals surface area contributed by atoms with Crippen molar-refractivity contribution >= 4 is 17.4 Å². The number of nitrogens with zero attached hydrogens (tertiary/aromatic N) is 2. The van der Waals surface area contributed by atoms with Gasteiger partial charge < -0.3 is 29.0 Å². The summed E-state index contributed by atoms with van der Waals surface area (Å²) in [4.78, 5) is 30.3. The van der Waals surface area contributed by atoms with Crippen molar-refractivity contribution in [2.45, 2.75) is 6.04 Å². The van der Waals surface area contributed by atoms with E-state index in [1.165, 1.54) is 4.90 Å². The molecule has 0 aliphatic carbocycles. The van der Waals surface area contributed by atoms with Gasteiger partial charge in [0.05, 0.1) is 31.9 Å². The lowest BCUT2D eigenvalue weighted by molar-refractivity contribution is -0.140. The van der Waals surface area contributed by atoms with Gasteiger partial charge in [0.25, 0.3) is 11.7 Å². The Morgan fingerprint density at radius 2 is 1.74 bits per heavy atom. The third-order valence-electron chi connectivity index (χ3n) is 6.55. The lowest BCUT2D eigenvalue weighted by Gasteiger charge is -2.31. The predicted molar refractivity (Wildman–Crippen MR) is 127 cm³/mol. The first-order chi connectivity index (χ1) is 17.1. The van der Waals surface area contributed by atoms with Crippen LogP contribution in [-0.4, -0.2) is 86.3 Å². The summed E-state index contributed by atoms with van der Waals surface area (Å²) in [6.45, 7) is 4.56. The number of carbonyl (C=O) groups is 2. The Labute approximate surface area is 203 Å². The zero-order valence-electron chi connectivity index (χ0n) is 19.6. The fourth-order valence-electron chi connectivity index (χ4n) is 4.75. The standard InChI is InChI=1S/C26H28N2O7/c1-32-19-5-3-2-4-18(19)23-22(24(29)17-6-7-20-21(16-17)35-15-14-34-20)25(30)26(31)28(23)9-8-27-10-12-33-13-11-27/h2-7,16,23,29H,8-15H2,1H3. The number of hydrogen-bond acceptors (Lipinski definition) is 8. The van der Waals surface area contributed by atoms with E-state index in [2.05, 4.69) is 4.90 Å². The molecule has 3 aliphatic rings. The molecule has 184 valence electrons. The second kappa shape index (κ2) is 9.97. The largest absolute Gasteiger partial charge is 0.507 e. The number of carbonyl (C=O) groups excluding carboxylic acids is 2. The molecule has 0 saturated carbocycles. The van der Waals surface area contributed by atoms with E-state index in [1.807, 2.05) is 18.2 Å². The second-order valence-corrected chi connectivity index (χ2v) is 8.55. The molecule has 1 unspecified atom stereocenters. The average molecular weight is 481 g/mol. The molecule has 5 rings (SSSR count). The van der Waals surface area contributed by atoms with Crippen molar-refractivity contribution in [3.63, 3.8) is 0 Å². The number of aliphatic hydroxyl groups excluding tert-OH is 1. The van der Waals surface area contributed by atoms with Gasteiger partial charge in [-0.15, -0.1) is 0 Å². The van der Waals surface area contributed by atoms with Crippen LogP contribution in [-0.2, 0) is 14.3 Å². The van der Waals surface area contributed by atoms with Gasteiger partial charge in [0.1, 0.15) is 24.7 Å². The van der Waals surface area contributed by atoms with E-state index < -0.39 is 17.7 Å². The SMILES string of the molecule is COc1ccccc1C1C(=C(O)c2ccc3c(c2)OCCO3)C(=O)C(=O)N1CCN1CCOCC1. The molecule has 3 heterocycles. The molecule has 1 amide bonds. The van der Waals surface area contributed by atoms with Crippen LogP contribution in [0.4, 0.5) is 0 Å². The van der Waals surface area contributed by atoms with Crippen molar-refractivity contribution in [3.8, 4) is 17.2 Å². The molecule has 9 nitrogen and oxygen atoms in total. The van der Waals surface area contributed by atoms with E-state index in [0.717, 1.165) is 13.1 Å². The molecule has 0 radical (unpaired) electrons. The summed E-state index contributed by atoms with van der Waals surface area (Å²) in [5, 5.41) is 11.4. The van der Waals surface area contributed by atoms with E-state index in [-0.39, 0.29) is 11.3 Å². The lowest BCUT2D eigenvalue weighted by atomic mass is 9.94. The minimum atomic E-state index is -0.791. The number of para-hydroxylation sites is 1. The molecule has 3 aliphatic heterocycles. The van der Waals surface area contributed by atoms with Crippen LogP contribution in [0.3, 0.4) is 0 Å². The van der Waals surface area contributed by atoms with Crippen LogP contribution in [0.2, 0.25) is 0 Å². The van der Waals surface area contributed by atoms with Crippen molar-refractivity contribution in [3.05, 3.63) is 59.2 Å². The normalized spacial score (nSPS) is 21.9. The molecule has 0 spiro atoms. The topological polar surface area (TPSA) is 97.8 Å². The van der Waals surface area contributed by atoms with Gasteiger partial charge in [-0.05, 0) is 24.3 Å². The number of rotatable bonds is 6. The van der Waals surface area contributed by atoms with Crippen LogP contribution >= 0.6 is 0 Å². The van der Waals surface area contributed by atoms with Crippen LogP contribution in [0.15, 0.2) is 48.0 Å². The maximum Gasteiger partial charge on any atom is 0.295 e. The molecule has 1 atom stereocenters. The molecule has 2 aromatic carbocycles. The summed E-state index contributed by atoms with van der Waals surface area (Å²) in [5.74, 6) is -0.0480. The van der Waals surface area contributed by atoms with Gasteiger partial charge in [-0.25, -0.2) is 0 Å². The lowest BCUT2D eigenvalue weighted by Crippen LogP contribution is -2.42. The number of hydrogen-bond donors (Lipinski definition) is 1. The molecule has 0 aromatic heterocycles. The number of morpholine rings is 1. The fraction of sp³-hybridized carbons (Fsp3) is 0.385. The van der Waals surface area contributed by atoms with Crippen molar-refractivity contribution in [2.75, 3.05) is 59.7 Å². The van der Waals surface area contributed by atoms with E-state index in [9.17, 15) is 14.7 Å². The Hall–Kier alpha value is -3.56. The summed E-state index contributed by atoms with van der Waals surface area (Å²) < 4.78 is 22.2. The quantitative estimate of drug-likeness (QED) is 0.382. The summed E-state index contributed by atoms with van der Waals surface area (Å²) in [5.41, 5.74) is 1.04. The highest BCUT2D eigenvalue weighted by atomic mass is 16.6. The van der Waals surface area contributed by atoms with Crippen molar-refractivity contribution in [1.29, 1.82) is 0 Å². The predicted octanol–water partition coefficient (Wildman–Crippen LogP) is 2.22. The van der Waals surface area contributed by atoms with Gasteiger partial charge in [0.2, 0.25) is 0 Å². The summed E-state index contributed by atoms with van der Waals surface area (Å²) >= 11 is 0. The number of likely N-dealkylation sites (tertiary alicyclic amines) is 1. The summed E-state index contributed by atoms with van der Waals surface area (Å²) in [7, 11) is 1.54. The van der Waals surface area contributed by atoms with Gasteiger partial charge in [-0.1, -0.05) is 18.2 Å². The molecule has 2 saturated heterocycles. The molecule has 35 heavy (non-hydrogen) atoms. The smallest absolute Gasteiger partial charge is 0.295 e. The number of Topliss-reactive ketones (excluding diaryl/α,β-unsaturated/α-hetero) is 1. The van der Waals surface area contributed by atoms with Crippen molar-refractivity contribution in [2.24, 2.45) is 0 Å². The van der Waals surface area contributed by atoms with Crippen LogP contribution in [0.5, 0.6) is 17.2 Å². The monoisotopic (exact) mass is 480 g/mol. The number of amides is 1. The first-order valence-corrected chi connectivity index (χ1v) is 11.7. The Morgan fingerprint density at radius 3 is 2.51 bits per heavy atom. The minimum absolute atomic E-state index is 0.0261. The molecular weight excluding hydrogens is 452 g/mol. The van der Waals surface area contributed by atoms with Gasteiger partial charge in [0, 0.05) is 37.3 Å². The average Bonchev–Trinajstić information content (AvgIpc) is 3.16. The first kappa shape index (κ1) is 23.2. The minimum Gasteiger partial charge on any atom is -0.507 e. The highest BCUT2D eigenvalue weighted by Crippen LogP contribution is 2.43. The number of ketones is 1. The maximum atomic E-state index is 13.3. The number of fused-ring (bicyclic) bond motifs is 1. The summed E-state index contributed by atoms with van der Waals surface area (Å²) in [6.07, 6.45) is 0. The van der Waals surface area contributed by atoms with Crippen LogP contribution < -0.4 is 14.2 Å². The third-order valence-corrected chi connectivity index (χ3v) is 6.55. The fourth-order valence-corrected chi connectivity index (χ4v) is 4.75. The highest BCUT2D eigenvalue weighted by Gasteiger charge is 2.47. The van der Waals surface area contributed by atoms with Gasteiger partial charge in [0.15, 0.2) is 11.5 Å².